The second kappa shape index (κ2) is 10.8. The number of para-hydroxylation sites is 1. The van der Waals surface area contributed by atoms with Crippen molar-refractivity contribution in [3.8, 4) is 11.5 Å². The van der Waals surface area contributed by atoms with Crippen LogP contribution >= 0.6 is 0 Å². The highest BCUT2D eigenvalue weighted by Gasteiger charge is 2.31. The maximum atomic E-state index is 11.5. The Morgan fingerprint density at radius 1 is 0.972 bits per heavy atom. The van der Waals surface area contributed by atoms with Crippen LogP contribution in [-0.4, -0.2) is 41.2 Å². The van der Waals surface area contributed by atoms with Gasteiger partial charge in [-0.15, -0.1) is 0 Å². The molecule has 184 valence electrons. The van der Waals surface area contributed by atoms with Gasteiger partial charge in [0.15, 0.2) is 11.5 Å². The predicted molar refractivity (Wildman–Crippen MR) is 139 cm³/mol. The summed E-state index contributed by atoms with van der Waals surface area (Å²) >= 11 is 0. The largest absolute Gasteiger partial charge is 0.493 e. The third-order valence-electron chi connectivity index (χ3n) is 6.91. The Morgan fingerprint density at radius 3 is 2.47 bits per heavy atom. The normalized spacial score (nSPS) is 15.5. The number of hydrogen-bond acceptors (Lipinski definition) is 5. The van der Waals surface area contributed by atoms with Gasteiger partial charge < -0.3 is 14.6 Å². The molecule has 1 saturated heterocycles. The summed E-state index contributed by atoms with van der Waals surface area (Å²) in [6.45, 7) is 1.85. The van der Waals surface area contributed by atoms with Crippen LogP contribution in [0.25, 0.3) is 10.9 Å². The van der Waals surface area contributed by atoms with E-state index in [0.717, 1.165) is 27.6 Å². The van der Waals surface area contributed by atoms with Gasteiger partial charge in [0.1, 0.15) is 6.61 Å². The Balaban J connectivity index is 1.47. The van der Waals surface area contributed by atoms with Crippen LogP contribution < -0.4 is 9.47 Å². The number of rotatable bonds is 8. The van der Waals surface area contributed by atoms with E-state index in [2.05, 4.69) is 23.1 Å². The molecule has 1 N–H and O–H groups in total. The minimum Gasteiger partial charge on any atom is -0.493 e. The number of piperidine rings is 1. The molecule has 2 heterocycles. The van der Waals surface area contributed by atoms with Crippen LogP contribution in [0.5, 0.6) is 11.5 Å². The summed E-state index contributed by atoms with van der Waals surface area (Å²) in [6, 6.07) is 26.3. The molecule has 0 amide bonds. The zero-order valence-corrected chi connectivity index (χ0v) is 20.3. The number of carboxylic acid groups (broad SMARTS) is 1. The summed E-state index contributed by atoms with van der Waals surface area (Å²) in [5.41, 5.74) is 4.17. The van der Waals surface area contributed by atoms with Gasteiger partial charge in [-0.05, 0) is 66.9 Å². The molecule has 1 aromatic heterocycles. The lowest BCUT2D eigenvalue weighted by molar-refractivity contribution is -0.143. The standard InChI is InChI=1S/C30H30N2O4/c1-35-28-18-24(11-12-27(28)36-20-21-7-3-2-4-8-21)29(32-15-13-22(14-16-32)30(33)34)25-17-23-9-5-6-10-26(23)31-19-25/h2-12,17-19,22,29H,13-16,20H2,1H3,(H,33,34). The number of hydrogen-bond donors (Lipinski definition) is 1. The van der Waals surface area contributed by atoms with Gasteiger partial charge in [-0.25, -0.2) is 0 Å². The number of pyridine rings is 1. The number of likely N-dealkylation sites (tertiary alicyclic amines) is 1. The number of carboxylic acids is 1. The number of aromatic nitrogens is 1. The van der Waals surface area contributed by atoms with Gasteiger partial charge in [-0.1, -0.05) is 54.6 Å². The summed E-state index contributed by atoms with van der Waals surface area (Å²) in [5.74, 6) is 0.354. The van der Waals surface area contributed by atoms with Crippen molar-refractivity contribution in [1.82, 2.24) is 9.88 Å². The van der Waals surface area contributed by atoms with E-state index < -0.39 is 5.97 Å². The average Bonchev–Trinajstić information content (AvgIpc) is 2.93. The second-order valence-electron chi connectivity index (χ2n) is 9.20. The molecular weight excluding hydrogens is 452 g/mol. The molecule has 1 unspecified atom stereocenters. The fraction of sp³-hybridized carbons (Fsp3) is 0.267. The van der Waals surface area contributed by atoms with E-state index in [4.69, 9.17) is 14.5 Å². The Kier molecular flexibility index (Phi) is 7.14. The molecule has 1 aliphatic rings. The average molecular weight is 483 g/mol. The lowest BCUT2D eigenvalue weighted by atomic mass is 9.91. The van der Waals surface area contributed by atoms with E-state index in [1.165, 1.54) is 0 Å². The van der Waals surface area contributed by atoms with Crippen molar-refractivity contribution in [2.75, 3.05) is 20.2 Å². The lowest BCUT2D eigenvalue weighted by Gasteiger charge is -2.37. The van der Waals surface area contributed by atoms with Crippen LogP contribution in [0.1, 0.15) is 35.6 Å². The van der Waals surface area contributed by atoms with Crippen molar-refractivity contribution >= 4 is 16.9 Å². The zero-order chi connectivity index (χ0) is 24.9. The first-order chi connectivity index (χ1) is 17.6. The van der Waals surface area contributed by atoms with Crippen LogP contribution in [0.4, 0.5) is 0 Å². The molecule has 3 aromatic carbocycles. The number of fused-ring (bicyclic) bond motifs is 1. The third-order valence-corrected chi connectivity index (χ3v) is 6.91. The molecule has 6 nitrogen and oxygen atoms in total. The number of methoxy groups -OCH3 is 1. The summed E-state index contributed by atoms with van der Waals surface area (Å²) < 4.78 is 11.8. The highest BCUT2D eigenvalue weighted by molar-refractivity contribution is 5.79. The smallest absolute Gasteiger partial charge is 0.306 e. The van der Waals surface area contributed by atoms with Crippen LogP contribution in [-0.2, 0) is 11.4 Å². The molecule has 0 aliphatic carbocycles. The quantitative estimate of drug-likeness (QED) is 0.347. The molecule has 6 heteroatoms. The zero-order valence-electron chi connectivity index (χ0n) is 20.3. The number of carbonyl (C=O) groups is 1. The van der Waals surface area contributed by atoms with Crippen LogP contribution in [0.15, 0.2) is 85.1 Å². The number of benzene rings is 3. The number of ether oxygens (including phenoxy) is 2. The maximum Gasteiger partial charge on any atom is 0.306 e. The molecule has 0 bridgehead atoms. The summed E-state index contributed by atoms with van der Waals surface area (Å²) in [7, 11) is 1.65. The molecule has 36 heavy (non-hydrogen) atoms. The van der Waals surface area contributed by atoms with Crippen LogP contribution in [0.3, 0.4) is 0 Å². The van der Waals surface area contributed by atoms with Crippen molar-refractivity contribution in [2.24, 2.45) is 5.92 Å². The molecule has 0 spiro atoms. The SMILES string of the molecule is COc1cc(C(c2cnc3ccccc3c2)N2CCC(C(=O)O)CC2)ccc1OCc1ccccc1. The van der Waals surface area contributed by atoms with Gasteiger partial charge in [-0.3, -0.25) is 14.7 Å². The van der Waals surface area contributed by atoms with E-state index in [-0.39, 0.29) is 12.0 Å². The van der Waals surface area contributed by atoms with Gasteiger partial charge in [-0.2, -0.15) is 0 Å². The van der Waals surface area contributed by atoms with Crippen molar-refractivity contribution in [1.29, 1.82) is 0 Å². The Morgan fingerprint density at radius 2 is 1.72 bits per heavy atom. The molecule has 1 fully saturated rings. The number of nitrogens with zero attached hydrogens (tertiary/aromatic N) is 2. The summed E-state index contributed by atoms with van der Waals surface area (Å²) in [6.07, 6.45) is 3.19. The van der Waals surface area contributed by atoms with E-state index in [1.54, 1.807) is 7.11 Å². The molecule has 0 saturated carbocycles. The highest BCUT2D eigenvalue weighted by atomic mass is 16.5. The van der Waals surface area contributed by atoms with E-state index >= 15 is 0 Å². The number of aliphatic carboxylic acids is 1. The fourth-order valence-corrected chi connectivity index (χ4v) is 4.97. The summed E-state index contributed by atoms with van der Waals surface area (Å²) in [4.78, 5) is 18.6. The molecular formula is C30H30N2O4. The van der Waals surface area contributed by atoms with Crippen LogP contribution in [0, 0.1) is 5.92 Å². The van der Waals surface area contributed by atoms with Crippen molar-refractivity contribution in [3.05, 3.63) is 102 Å². The Hall–Kier alpha value is -3.90. The van der Waals surface area contributed by atoms with Crippen molar-refractivity contribution in [3.63, 3.8) is 0 Å². The fourth-order valence-electron chi connectivity index (χ4n) is 4.97. The topological polar surface area (TPSA) is 71.9 Å². The molecule has 4 aromatic rings. The van der Waals surface area contributed by atoms with E-state index in [9.17, 15) is 9.90 Å². The predicted octanol–water partition coefficient (Wildman–Crippen LogP) is 5.71. The summed E-state index contributed by atoms with van der Waals surface area (Å²) in [5, 5.41) is 10.6. The third kappa shape index (κ3) is 5.19. The minimum absolute atomic E-state index is 0.0751. The second-order valence-corrected chi connectivity index (χ2v) is 9.20. The first-order valence-electron chi connectivity index (χ1n) is 12.3. The van der Waals surface area contributed by atoms with Gasteiger partial charge in [0.2, 0.25) is 0 Å². The van der Waals surface area contributed by atoms with Gasteiger partial charge in [0.05, 0.1) is 24.6 Å². The Labute approximate surface area is 211 Å². The van der Waals surface area contributed by atoms with E-state index in [0.29, 0.717) is 44.0 Å². The lowest BCUT2D eigenvalue weighted by Crippen LogP contribution is -2.39. The van der Waals surface area contributed by atoms with Crippen molar-refractivity contribution in [2.45, 2.75) is 25.5 Å². The minimum atomic E-state index is -0.708. The first-order valence-corrected chi connectivity index (χ1v) is 12.3. The van der Waals surface area contributed by atoms with Gasteiger partial charge in [0.25, 0.3) is 0 Å². The molecule has 1 aliphatic heterocycles. The highest BCUT2D eigenvalue weighted by Crippen LogP contribution is 2.38. The molecule has 1 atom stereocenters. The monoisotopic (exact) mass is 482 g/mol. The van der Waals surface area contributed by atoms with E-state index in [1.807, 2.05) is 66.9 Å². The van der Waals surface area contributed by atoms with Crippen LogP contribution in [0.2, 0.25) is 0 Å². The maximum absolute atomic E-state index is 11.5. The Bertz CT molecular complexity index is 1330. The molecule has 0 radical (unpaired) electrons. The van der Waals surface area contributed by atoms with Gasteiger partial charge >= 0.3 is 5.97 Å². The first kappa shape index (κ1) is 23.8. The van der Waals surface area contributed by atoms with Crippen molar-refractivity contribution < 1.29 is 19.4 Å². The molecule has 5 rings (SSSR count). The van der Waals surface area contributed by atoms with Gasteiger partial charge in [0, 0.05) is 11.6 Å².